The molecule has 1 saturated carbocycles. The summed E-state index contributed by atoms with van der Waals surface area (Å²) in [6, 6.07) is 5.74. The smallest absolute Gasteiger partial charge is 0.307 e. The van der Waals surface area contributed by atoms with E-state index in [1.165, 1.54) is 0 Å². The fraction of sp³-hybridized carbons (Fsp3) is 0.500. The Morgan fingerprint density at radius 1 is 1.36 bits per heavy atom. The molecule has 1 amide bonds. The molecule has 1 aromatic rings. The monoisotopic (exact) mass is 367 g/mol. The number of rotatable bonds is 4. The molecule has 1 aliphatic heterocycles. The summed E-state index contributed by atoms with van der Waals surface area (Å²) >= 11 is 3.46. The highest BCUT2D eigenvalue weighted by atomic mass is 79.9. The summed E-state index contributed by atoms with van der Waals surface area (Å²) in [7, 11) is 1.62. The zero-order valence-electron chi connectivity index (χ0n) is 12.3. The number of hydrogen-bond acceptors (Lipinski definition) is 3. The predicted molar refractivity (Wildman–Crippen MR) is 83.6 cm³/mol. The van der Waals surface area contributed by atoms with Crippen molar-refractivity contribution in [2.75, 3.05) is 13.7 Å². The summed E-state index contributed by atoms with van der Waals surface area (Å²) < 4.78 is 6.37. The van der Waals surface area contributed by atoms with Crippen molar-refractivity contribution in [3.8, 4) is 5.75 Å². The van der Waals surface area contributed by atoms with Gasteiger partial charge < -0.3 is 14.7 Å². The SMILES string of the molecule is COc1ccc(Br)cc1C1CCCN1C(=O)C1CC1C(=O)O. The molecule has 1 heterocycles. The van der Waals surface area contributed by atoms with Gasteiger partial charge in [0.2, 0.25) is 5.91 Å². The predicted octanol–water partition coefficient (Wildman–Crippen LogP) is 2.84. The summed E-state index contributed by atoms with van der Waals surface area (Å²) in [6.07, 6.45) is 2.27. The van der Waals surface area contributed by atoms with Gasteiger partial charge >= 0.3 is 5.97 Å². The average molecular weight is 368 g/mol. The molecule has 22 heavy (non-hydrogen) atoms. The van der Waals surface area contributed by atoms with Crippen LogP contribution in [0.3, 0.4) is 0 Å². The Morgan fingerprint density at radius 2 is 2.14 bits per heavy atom. The molecule has 2 aliphatic rings. The number of likely N-dealkylation sites (tertiary alicyclic amines) is 1. The number of nitrogens with zero attached hydrogens (tertiary/aromatic N) is 1. The third-order valence-electron chi connectivity index (χ3n) is 4.51. The van der Waals surface area contributed by atoms with Crippen LogP contribution in [-0.4, -0.2) is 35.5 Å². The second kappa shape index (κ2) is 5.91. The molecule has 6 heteroatoms. The lowest BCUT2D eigenvalue weighted by atomic mass is 10.0. The second-order valence-corrected chi connectivity index (χ2v) is 6.78. The molecular weight excluding hydrogens is 350 g/mol. The van der Waals surface area contributed by atoms with Crippen LogP contribution in [0.25, 0.3) is 0 Å². The molecule has 0 radical (unpaired) electrons. The van der Waals surface area contributed by atoms with E-state index < -0.39 is 11.9 Å². The minimum atomic E-state index is -0.867. The first-order chi connectivity index (χ1) is 10.5. The van der Waals surface area contributed by atoms with Crippen molar-refractivity contribution in [1.82, 2.24) is 4.90 Å². The maximum Gasteiger partial charge on any atom is 0.307 e. The molecule has 0 spiro atoms. The van der Waals surface area contributed by atoms with E-state index in [-0.39, 0.29) is 17.9 Å². The van der Waals surface area contributed by atoms with Gasteiger partial charge in [0.05, 0.1) is 25.0 Å². The largest absolute Gasteiger partial charge is 0.496 e. The maximum absolute atomic E-state index is 12.6. The van der Waals surface area contributed by atoms with Crippen molar-refractivity contribution in [1.29, 1.82) is 0 Å². The number of halogens is 1. The van der Waals surface area contributed by atoms with Crippen LogP contribution in [-0.2, 0) is 9.59 Å². The molecular formula is C16H18BrNO4. The zero-order valence-corrected chi connectivity index (χ0v) is 13.9. The highest BCUT2D eigenvalue weighted by Gasteiger charge is 2.51. The number of hydrogen-bond donors (Lipinski definition) is 1. The number of carbonyl (C=O) groups excluding carboxylic acids is 1. The maximum atomic E-state index is 12.6. The summed E-state index contributed by atoms with van der Waals surface area (Å²) in [5, 5.41) is 9.02. The quantitative estimate of drug-likeness (QED) is 0.888. The Labute approximate surface area is 137 Å². The molecule has 3 atom stereocenters. The highest BCUT2D eigenvalue weighted by molar-refractivity contribution is 9.10. The van der Waals surface area contributed by atoms with Crippen LogP contribution in [0.1, 0.15) is 30.9 Å². The molecule has 3 rings (SSSR count). The standard InChI is InChI=1S/C16H18BrNO4/c1-22-14-5-4-9(17)7-12(14)13-3-2-6-18(13)15(19)10-8-11(10)16(20)21/h4-5,7,10-11,13H,2-3,6,8H2,1H3,(H,20,21). The topological polar surface area (TPSA) is 66.8 Å². The molecule has 2 fully saturated rings. The minimum absolute atomic E-state index is 0.0306. The van der Waals surface area contributed by atoms with E-state index in [1.807, 2.05) is 23.1 Å². The molecule has 1 aromatic carbocycles. The van der Waals surface area contributed by atoms with Crippen molar-refractivity contribution in [2.45, 2.75) is 25.3 Å². The third kappa shape index (κ3) is 2.72. The summed E-state index contributed by atoms with van der Waals surface area (Å²) in [5.41, 5.74) is 0.982. The average Bonchev–Trinajstić information content (AvgIpc) is 3.16. The molecule has 1 aliphatic carbocycles. The Balaban J connectivity index is 1.83. The van der Waals surface area contributed by atoms with Gasteiger partial charge in [-0.15, -0.1) is 0 Å². The van der Waals surface area contributed by atoms with Crippen LogP contribution < -0.4 is 4.74 Å². The number of benzene rings is 1. The third-order valence-corrected chi connectivity index (χ3v) is 5.00. The number of carbonyl (C=O) groups is 2. The minimum Gasteiger partial charge on any atom is -0.496 e. The molecule has 118 valence electrons. The van der Waals surface area contributed by atoms with Gasteiger partial charge in [-0.2, -0.15) is 0 Å². The Morgan fingerprint density at radius 3 is 2.77 bits per heavy atom. The van der Waals surface area contributed by atoms with Crippen LogP contribution in [0.4, 0.5) is 0 Å². The summed E-state index contributed by atoms with van der Waals surface area (Å²) in [4.78, 5) is 25.4. The Bertz CT molecular complexity index is 618. The highest BCUT2D eigenvalue weighted by Crippen LogP contribution is 2.45. The van der Waals surface area contributed by atoms with Crippen LogP contribution in [0.5, 0.6) is 5.75 Å². The number of methoxy groups -OCH3 is 1. The molecule has 5 nitrogen and oxygen atoms in total. The lowest BCUT2D eigenvalue weighted by Crippen LogP contribution is -2.32. The van der Waals surface area contributed by atoms with Gasteiger partial charge in [0.25, 0.3) is 0 Å². The van der Waals surface area contributed by atoms with E-state index in [0.717, 1.165) is 28.6 Å². The number of carboxylic acids is 1. The van der Waals surface area contributed by atoms with Crippen LogP contribution >= 0.6 is 15.9 Å². The van der Waals surface area contributed by atoms with Gasteiger partial charge in [-0.05, 0) is 37.5 Å². The van der Waals surface area contributed by atoms with Gasteiger partial charge in [-0.3, -0.25) is 9.59 Å². The van der Waals surface area contributed by atoms with Gasteiger partial charge in [-0.1, -0.05) is 15.9 Å². The summed E-state index contributed by atoms with van der Waals surface area (Å²) in [5.74, 6) is -0.987. The summed E-state index contributed by atoms with van der Waals surface area (Å²) in [6.45, 7) is 0.683. The van der Waals surface area contributed by atoms with Crippen molar-refractivity contribution in [3.05, 3.63) is 28.2 Å². The number of ether oxygens (including phenoxy) is 1. The molecule has 1 N–H and O–H groups in total. The van der Waals surface area contributed by atoms with Crippen LogP contribution in [0.2, 0.25) is 0 Å². The zero-order chi connectivity index (χ0) is 15.9. The first-order valence-electron chi connectivity index (χ1n) is 7.39. The van der Waals surface area contributed by atoms with Crippen molar-refractivity contribution in [3.63, 3.8) is 0 Å². The van der Waals surface area contributed by atoms with Gasteiger partial charge in [0, 0.05) is 16.6 Å². The number of carboxylic acid groups (broad SMARTS) is 1. The van der Waals surface area contributed by atoms with Crippen molar-refractivity contribution in [2.24, 2.45) is 11.8 Å². The molecule has 1 saturated heterocycles. The van der Waals surface area contributed by atoms with E-state index in [2.05, 4.69) is 15.9 Å². The van der Waals surface area contributed by atoms with Crippen LogP contribution in [0, 0.1) is 11.8 Å². The van der Waals surface area contributed by atoms with E-state index >= 15 is 0 Å². The first-order valence-corrected chi connectivity index (χ1v) is 8.19. The van der Waals surface area contributed by atoms with E-state index in [1.54, 1.807) is 7.11 Å². The molecule has 3 unspecified atom stereocenters. The molecule has 0 bridgehead atoms. The Hall–Kier alpha value is -1.56. The lowest BCUT2D eigenvalue weighted by molar-refractivity contribution is -0.142. The van der Waals surface area contributed by atoms with Gasteiger partial charge in [0.15, 0.2) is 0 Å². The van der Waals surface area contributed by atoms with E-state index in [0.29, 0.717) is 13.0 Å². The fourth-order valence-electron chi connectivity index (χ4n) is 3.27. The second-order valence-electron chi connectivity index (χ2n) is 5.86. The van der Waals surface area contributed by atoms with Gasteiger partial charge in [0.1, 0.15) is 5.75 Å². The van der Waals surface area contributed by atoms with Crippen LogP contribution in [0.15, 0.2) is 22.7 Å². The molecule has 0 aromatic heterocycles. The van der Waals surface area contributed by atoms with E-state index in [4.69, 9.17) is 9.84 Å². The van der Waals surface area contributed by atoms with Crippen molar-refractivity contribution < 1.29 is 19.4 Å². The first kappa shape index (κ1) is 15.3. The van der Waals surface area contributed by atoms with E-state index in [9.17, 15) is 9.59 Å². The number of aliphatic carboxylic acids is 1. The lowest BCUT2D eigenvalue weighted by Gasteiger charge is -2.26. The fourth-order valence-corrected chi connectivity index (χ4v) is 3.65. The normalized spacial score (nSPS) is 26.8. The van der Waals surface area contributed by atoms with Crippen molar-refractivity contribution >= 4 is 27.8 Å². The number of amides is 1. The van der Waals surface area contributed by atoms with Gasteiger partial charge in [-0.25, -0.2) is 0 Å². The Kier molecular flexibility index (Phi) is 4.12.